The molecule has 0 fully saturated rings. The zero-order valence-corrected chi connectivity index (χ0v) is 28.4. The van der Waals surface area contributed by atoms with E-state index in [2.05, 4.69) is 17.6 Å². The van der Waals surface area contributed by atoms with Gasteiger partial charge in [0.2, 0.25) is 5.91 Å². The molecule has 238 valence electrons. The van der Waals surface area contributed by atoms with Crippen LogP contribution in [0.3, 0.4) is 0 Å². The molecule has 8 heteroatoms. The topological polar surface area (TPSA) is 87.7 Å². The number of rotatable bonds is 14. The summed E-state index contributed by atoms with van der Waals surface area (Å²) in [6, 6.07) is 9.54. The van der Waals surface area contributed by atoms with Crippen LogP contribution in [0, 0.1) is 26.7 Å². The van der Waals surface area contributed by atoms with Crippen molar-refractivity contribution in [3.8, 4) is 0 Å². The molecule has 0 aliphatic heterocycles. The van der Waals surface area contributed by atoms with Gasteiger partial charge in [0, 0.05) is 6.54 Å². The minimum atomic E-state index is -0.944. The molecule has 2 rings (SSSR count). The Morgan fingerprint density at radius 2 is 1.58 bits per heavy atom. The van der Waals surface area contributed by atoms with Crippen molar-refractivity contribution in [2.45, 2.75) is 119 Å². The van der Waals surface area contributed by atoms with Gasteiger partial charge >= 0.3 is 6.09 Å². The fraction of sp³-hybridized carbons (Fsp3) is 0.571. The first-order chi connectivity index (χ1) is 20.2. The number of anilines is 1. The molecule has 2 atom stereocenters. The molecule has 2 N–H and O–H groups in total. The van der Waals surface area contributed by atoms with Crippen molar-refractivity contribution in [3.05, 3.63) is 63.7 Å². The van der Waals surface area contributed by atoms with E-state index in [4.69, 9.17) is 16.3 Å². The van der Waals surface area contributed by atoms with E-state index in [9.17, 15) is 14.4 Å². The molecule has 3 amide bonds. The van der Waals surface area contributed by atoms with Gasteiger partial charge in [-0.05, 0) is 76.6 Å². The maximum Gasteiger partial charge on any atom is 0.408 e. The summed E-state index contributed by atoms with van der Waals surface area (Å²) in [5.41, 5.74) is 3.22. The highest BCUT2D eigenvalue weighted by Gasteiger charge is 2.38. The molecule has 0 aliphatic rings. The van der Waals surface area contributed by atoms with Crippen LogP contribution in [0.25, 0.3) is 0 Å². The number of nitrogens with one attached hydrogen (secondary N) is 2. The third-order valence-corrected chi connectivity index (χ3v) is 7.72. The number of hydrogen-bond donors (Lipinski definition) is 2. The van der Waals surface area contributed by atoms with E-state index in [0.29, 0.717) is 17.3 Å². The minimum absolute atomic E-state index is 0.250. The van der Waals surface area contributed by atoms with Gasteiger partial charge in [-0.3, -0.25) is 9.59 Å². The van der Waals surface area contributed by atoms with E-state index in [0.717, 1.165) is 54.4 Å². The molecule has 2 aromatic rings. The quantitative estimate of drug-likeness (QED) is 0.209. The van der Waals surface area contributed by atoms with Crippen molar-refractivity contribution in [1.29, 1.82) is 0 Å². The van der Waals surface area contributed by atoms with Gasteiger partial charge in [-0.2, -0.15) is 0 Å². The molecular weight excluding hydrogens is 562 g/mol. The fourth-order valence-electron chi connectivity index (χ4n) is 5.04. The van der Waals surface area contributed by atoms with Crippen molar-refractivity contribution in [2.24, 2.45) is 5.92 Å². The second-order valence-electron chi connectivity index (χ2n) is 12.9. The SMILES string of the molecule is CCCCCCCCN(C(=O)C(NC(=O)OC(C)(C)C)C(C)C)C(C(=O)Nc1c(C)cccc1Cl)c1cc(C)ccc1C. The van der Waals surface area contributed by atoms with Crippen LogP contribution >= 0.6 is 11.6 Å². The Morgan fingerprint density at radius 1 is 0.930 bits per heavy atom. The summed E-state index contributed by atoms with van der Waals surface area (Å²) in [6.45, 7) is 17.4. The largest absolute Gasteiger partial charge is 0.444 e. The Kier molecular flexibility index (Phi) is 14.0. The fourth-order valence-corrected chi connectivity index (χ4v) is 5.31. The van der Waals surface area contributed by atoms with Gasteiger partial charge in [0.25, 0.3) is 5.91 Å². The van der Waals surface area contributed by atoms with Crippen LogP contribution in [-0.2, 0) is 14.3 Å². The highest BCUT2D eigenvalue weighted by atomic mass is 35.5. The number of carbonyl (C=O) groups excluding carboxylic acids is 3. The van der Waals surface area contributed by atoms with Crippen LogP contribution in [0.2, 0.25) is 5.02 Å². The second kappa shape index (κ2) is 16.7. The molecule has 0 saturated heterocycles. The van der Waals surface area contributed by atoms with Gasteiger partial charge in [-0.15, -0.1) is 0 Å². The molecule has 2 aromatic carbocycles. The Bertz CT molecular complexity index is 1220. The summed E-state index contributed by atoms with van der Waals surface area (Å²) in [7, 11) is 0. The summed E-state index contributed by atoms with van der Waals surface area (Å²) < 4.78 is 5.50. The maximum atomic E-state index is 14.5. The van der Waals surface area contributed by atoms with E-state index in [-0.39, 0.29) is 17.7 Å². The number of unbranched alkanes of at least 4 members (excludes halogenated alkanes) is 5. The van der Waals surface area contributed by atoms with Gasteiger partial charge in [0.15, 0.2) is 0 Å². The normalized spacial score (nSPS) is 12.9. The van der Waals surface area contributed by atoms with Crippen LogP contribution in [-0.4, -0.2) is 41.0 Å². The average molecular weight is 614 g/mol. The second-order valence-corrected chi connectivity index (χ2v) is 13.3. The highest BCUT2D eigenvalue weighted by molar-refractivity contribution is 6.34. The lowest BCUT2D eigenvalue weighted by Crippen LogP contribution is -2.54. The predicted octanol–water partition coefficient (Wildman–Crippen LogP) is 8.68. The third-order valence-electron chi connectivity index (χ3n) is 7.40. The molecule has 0 aliphatic carbocycles. The molecule has 7 nitrogen and oxygen atoms in total. The van der Waals surface area contributed by atoms with Gasteiger partial charge in [-0.25, -0.2) is 4.79 Å². The summed E-state index contributed by atoms with van der Waals surface area (Å²) in [4.78, 5) is 43.3. The van der Waals surface area contributed by atoms with E-state index in [1.54, 1.807) is 31.7 Å². The number of carbonyl (C=O) groups is 3. The number of aryl methyl sites for hydroxylation is 3. The summed E-state index contributed by atoms with van der Waals surface area (Å²) >= 11 is 6.51. The lowest BCUT2D eigenvalue weighted by molar-refractivity contribution is -0.141. The Hall–Kier alpha value is -3.06. The number of benzene rings is 2. The number of nitrogens with zero attached hydrogens (tertiary/aromatic N) is 1. The van der Waals surface area contributed by atoms with Crippen LogP contribution < -0.4 is 10.6 Å². The molecule has 2 unspecified atom stereocenters. The van der Waals surface area contributed by atoms with Crippen LogP contribution in [0.1, 0.15) is 108 Å². The Labute approximate surface area is 264 Å². The molecule has 0 radical (unpaired) electrons. The van der Waals surface area contributed by atoms with Crippen molar-refractivity contribution < 1.29 is 19.1 Å². The maximum absolute atomic E-state index is 14.5. The van der Waals surface area contributed by atoms with E-state index >= 15 is 0 Å². The molecule has 0 saturated carbocycles. The van der Waals surface area contributed by atoms with Crippen molar-refractivity contribution in [1.82, 2.24) is 10.2 Å². The number of amides is 3. The first-order valence-corrected chi connectivity index (χ1v) is 16.0. The van der Waals surface area contributed by atoms with Gasteiger partial charge in [-0.1, -0.05) is 100 Å². The molecule has 43 heavy (non-hydrogen) atoms. The number of para-hydroxylation sites is 1. The zero-order chi connectivity index (χ0) is 32.3. The molecule has 0 heterocycles. The van der Waals surface area contributed by atoms with Crippen molar-refractivity contribution in [3.63, 3.8) is 0 Å². The molecule has 0 spiro atoms. The Balaban J connectivity index is 2.60. The number of alkyl carbamates (subject to hydrolysis) is 1. The average Bonchev–Trinajstić information content (AvgIpc) is 2.91. The minimum Gasteiger partial charge on any atom is -0.444 e. The first kappa shape index (κ1) is 36.1. The number of hydrogen-bond acceptors (Lipinski definition) is 4. The van der Waals surface area contributed by atoms with Crippen LogP contribution in [0.5, 0.6) is 0 Å². The standard InChI is InChI=1S/C35H52ClN3O4/c1-10-11-12-13-14-15-21-39(33(41)29(23(2)3)38-34(42)43-35(7,8)9)31(27-22-24(4)19-20-25(27)5)32(40)37-30-26(6)17-16-18-28(30)36/h16-20,22-23,29,31H,10-15,21H2,1-9H3,(H,37,40)(H,38,42). The van der Waals surface area contributed by atoms with Crippen molar-refractivity contribution in [2.75, 3.05) is 11.9 Å². The lowest BCUT2D eigenvalue weighted by Gasteiger charge is -2.36. The lowest BCUT2D eigenvalue weighted by atomic mass is 9.94. The molecular formula is C35H52ClN3O4. The van der Waals surface area contributed by atoms with E-state index in [1.165, 1.54) is 6.42 Å². The molecule has 0 aromatic heterocycles. The third kappa shape index (κ3) is 11.2. The number of ether oxygens (including phenoxy) is 1. The van der Waals surface area contributed by atoms with Gasteiger partial charge in [0.1, 0.15) is 17.7 Å². The monoisotopic (exact) mass is 613 g/mol. The van der Waals surface area contributed by atoms with E-state index in [1.807, 2.05) is 65.0 Å². The molecule has 0 bridgehead atoms. The van der Waals surface area contributed by atoms with Gasteiger partial charge < -0.3 is 20.3 Å². The van der Waals surface area contributed by atoms with Crippen LogP contribution in [0.15, 0.2) is 36.4 Å². The summed E-state index contributed by atoms with van der Waals surface area (Å²) in [5, 5.41) is 6.27. The summed E-state index contributed by atoms with van der Waals surface area (Å²) in [6.07, 6.45) is 5.49. The Morgan fingerprint density at radius 3 is 2.19 bits per heavy atom. The van der Waals surface area contributed by atoms with Crippen molar-refractivity contribution >= 4 is 35.2 Å². The highest BCUT2D eigenvalue weighted by Crippen LogP contribution is 2.32. The van der Waals surface area contributed by atoms with Crippen LogP contribution in [0.4, 0.5) is 10.5 Å². The zero-order valence-electron chi connectivity index (χ0n) is 27.6. The smallest absolute Gasteiger partial charge is 0.408 e. The summed E-state index contributed by atoms with van der Waals surface area (Å²) in [5.74, 6) is -0.935. The van der Waals surface area contributed by atoms with E-state index < -0.39 is 23.8 Å². The first-order valence-electron chi connectivity index (χ1n) is 15.6. The predicted molar refractivity (Wildman–Crippen MR) is 177 cm³/mol. The number of halogens is 1. The van der Waals surface area contributed by atoms with Gasteiger partial charge in [0.05, 0.1) is 10.7 Å².